The van der Waals surface area contributed by atoms with Gasteiger partial charge in [0.1, 0.15) is 4.88 Å². The largest absolute Gasteiger partial charge is 0.347 e. The SMILES string of the molecule is CCCc1ncc(C(=O)NC(CN)C2CCCCC2)s1. The molecule has 1 fully saturated rings. The third-order valence-electron chi connectivity index (χ3n) is 4.03. The van der Waals surface area contributed by atoms with E-state index >= 15 is 0 Å². The summed E-state index contributed by atoms with van der Waals surface area (Å²) in [5.41, 5.74) is 5.86. The minimum absolute atomic E-state index is 0.00845. The first-order valence-electron chi connectivity index (χ1n) is 7.70. The van der Waals surface area contributed by atoms with E-state index in [9.17, 15) is 4.79 Å². The van der Waals surface area contributed by atoms with E-state index in [0.717, 1.165) is 17.8 Å². The molecule has 1 saturated carbocycles. The Bertz CT molecular complexity index is 427. The number of nitrogens with one attached hydrogen (secondary N) is 1. The number of nitrogens with zero attached hydrogens (tertiary/aromatic N) is 1. The molecule has 1 unspecified atom stereocenters. The summed E-state index contributed by atoms with van der Waals surface area (Å²) in [6.45, 7) is 2.64. The molecule has 1 heterocycles. The lowest BCUT2D eigenvalue weighted by Crippen LogP contribution is -2.45. The van der Waals surface area contributed by atoms with Gasteiger partial charge in [-0.3, -0.25) is 4.79 Å². The number of hydrogen-bond donors (Lipinski definition) is 2. The number of carbonyl (C=O) groups is 1. The molecule has 1 aliphatic carbocycles. The van der Waals surface area contributed by atoms with Gasteiger partial charge in [-0.25, -0.2) is 4.98 Å². The number of thiazole rings is 1. The molecule has 0 spiro atoms. The molecule has 112 valence electrons. The van der Waals surface area contributed by atoms with Gasteiger partial charge in [0, 0.05) is 12.6 Å². The minimum Gasteiger partial charge on any atom is -0.347 e. The number of hydrogen-bond acceptors (Lipinski definition) is 4. The third-order valence-corrected chi connectivity index (χ3v) is 5.09. The van der Waals surface area contributed by atoms with Crippen LogP contribution < -0.4 is 11.1 Å². The lowest BCUT2D eigenvalue weighted by molar-refractivity contribution is 0.0919. The van der Waals surface area contributed by atoms with E-state index in [0.29, 0.717) is 17.3 Å². The molecule has 4 nitrogen and oxygen atoms in total. The van der Waals surface area contributed by atoms with E-state index in [-0.39, 0.29) is 11.9 Å². The van der Waals surface area contributed by atoms with Gasteiger partial charge in [-0.15, -0.1) is 11.3 Å². The van der Waals surface area contributed by atoms with Crippen molar-refractivity contribution in [1.82, 2.24) is 10.3 Å². The summed E-state index contributed by atoms with van der Waals surface area (Å²) < 4.78 is 0. The molecule has 20 heavy (non-hydrogen) atoms. The number of nitrogens with two attached hydrogens (primary N) is 1. The van der Waals surface area contributed by atoms with Gasteiger partial charge >= 0.3 is 0 Å². The monoisotopic (exact) mass is 295 g/mol. The Hall–Kier alpha value is -0.940. The van der Waals surface area contributed by atoms with E-state index in [4.69, 9.17) is 5.73 Å². The highest BCUT2D eigenvalue weighted by molar-refractivity contribution is 7.13. The molecule has 2 rings (SSSR count). The second kappa shape index (κ2) is 7.74. The molecule has 0 radical (unpaired) electrons. The summed E-state index contributed by atoms with van der Waals surface area (Å²) in [6.07, 6.45) is 9.91. The summed E-state index contributed by atoms with van der Waals surface area (Å²) in [4.78, 5) is 17.3. The summed E-state index contributed by atoms with van der Waals surface area (Å²) in [5.74, 6) is 0.534. The molecule has 3 N–H and O–H groups in total. The molecule has 1 aromatic heterocycles. The van der Waals surface area contributed by atoms with Crippen LogP contribution in [0.2, 0.25) is 0 Å². The van der Waals surface area contributed by atoms with Crippen LogP contribution in [0.4, 0.5) is 0 Å². The van der Waals surface area contributed by atoms with Crippen LogP contribution in [0.25, 0.3) is 0 Å². The van der Waals surface area contributed by atoms with Crippen molar-refractivity contribution < 1.29 is 4.79 Å². The first kappa shape index (κ1) is 15.4. The third kappa shape index (κ3) is 4.03. The van der Waals surface area contributed by atoms with E-state index in [1.54, 1.807) is 6.20 Å². The van der Waals surface area contributed by atoms with Gasteiger partial charge < -0.3 is 11.1 Å². The van der Waals surface area contributed by atoms with Gasteiger partial charge in [-0.1, -0.05) is 26.2 Å². The normalized spacial score (nSPS) is 17.9. The summed E-state index contributed by atoms with van der Waals surface area (Å²) in [6, 6.07) is 0.111. The molecular formula is C15H25N3OS. The summed E-state index contributed by atoms with van der Waals surface area (Å²) >= 11 is 1.50. The molecule has 0 bridgehead atoms. The van der Waals surface area contributed by atoms with Crippen molar-refractivity contribution >= 4 is 17.2 Å². The van der Waals surface area contributed by atoms with Crippen LogP contribution in [0.15, 0.2) is 6.20 Å². The zero-order valence-electron chi connectivity index (χ0n) is 12.2. The standard InChI is InChI=1S/C15H25N3OS/c1-2-6-14-17-10-13(20-14)15(19)18-12(9-16)11-7-4-3-5-8-11/h10-12H,2-9,16H2,1H3,(H,18,19). The number of carbonyl (C=O) groups excluding carboxylic acids is 1. The highest BCUT2D eigenvalue weighted by Gasteiger charge is 2.24. The molecule has 5 heteroatoms. The predicted molar refractivity (Wildman–Crippen MR) is 83.0 cm³/mol. The van der Waals surface area contributed by atoms with Gasteiger partial charge in [-0.05, 0) is 31.6 Å². The Morgan fingerprint density at radius 3 is 2.90 bits per heavy atom. The average Bonchev–Trinajstić information content (AvgIpc) is 2.94. The van der Waals surface area contributed by atoms with Crippen LogP contribution in [-0.2, 0) is 6.42 Å². The number of aromatic nitrogens is 1. The van der Waals surface area contributed by atoms with Gasteiger partial charge in [0.2, 0.25) is 0 Å². The molecule has 0 aliphatic heterocycles. The maximum Gasteiger partial charge on any atom is 0.263 e. The Kier molecular flexibility index (Phi) is 5.98. The maximum atomic E-state index is 12.3. The second-order valence-electron chi connectivity index (χ2n) is 5.58. The highest BCUT2D eigenvalue weighted by Crippen LogP contribution is 2.26. The van der Waals surface area contributed by atoms with Crippen molar-refractivity contribution in [2.45, 2.75) is 57.9 Å². The lowest BCUT2D eigenvalue weighted by atomic mass is 9.84. The van der Waals surface area contributed by atoms with Crippen molar-refractivity contribution in [1.29, 1.82) is 0 Å². The minimum atomic E-state index is -0.00845. The van der Waals surface area contributed by atoms with E-state index in [1.807, 2.05) is 0 Å². The fourth-order valence-corrected chi connectivity index (χ4v) is 3.81. The van der Waals surface area contributed by atoms with Crippen molar-refractivity contribution in [2.75, 3.05) is 6.54 Å². The fraction of sp³-hybridized carbons (Fsp3) is 0.733. The zero-order chi connectivity index (χ0) is 14.4. The zero-order valence-corrected chi connectivity index (χ0v) is 13.0. The summed E-state index contributed by atoms with van der Waals surface area (Å²) in [5, 5.41) is 4.16. The smallest absolute Gasteiger partial charge is 0.263 e. The summed E-state index contributed by atoms with van der Waals surface area (Å²) in [7, 11) is 0. The van der Waals surface area contributed by atoms with Crippen molar-refractivity contribution in [2.24, 2.45) is 11.7 Å². The number of aryl methyl sites for hydroxylation is 1. The van der Waals surface area contributed by atoms with Crippen LogP contribution in [0.1, 0.15) is 60.1 Å². The Morgan fingerprint density at radius 2 is 2.25 bits per heavy atom. The molecular weight excluding hydrogens is 270 g/mol. The van der Waals surface area contributed by atoms with Crippen molar-refractivity contribution in [3.63, 3.8) is 0 Å². The van der Waals surface area contributed by atoms with Gasteiger partial charge in [0.15, 0.2) is 0 Å². The molecule has 0 saturated heterocycles. The number of rotatable bonds is 6. The Labute approximate surface area is 125 Å². The molecule has 1 atom stereocenters. The van der Waals surface area contributed by atoms with E-state index in [2.05, 4.69) is 17.2 Å². The molecule has 1 amide bonds. The van der Waals surface area contributed by atoms with E-state index in [1.165, 1.54) is 43.4 Å². The molecule has 1 aromatic rings. The Balaban J connectivity index is 1.93. The topological polar surface area (TPSA) is 68.0 Å². The highest BCUT2D eigenvalue weighted by atomic mass is 32.1. The van der Waals surface area contributed by atoms with Crippen LogP contribution >= 0.6 is 11.3 Å². The molecule has 0 aromatic carbocycles. The predicted octanol–water partition coefficient (Wildman–Crippen LogP) is 2.73. The van der Waals surface area contributed by atoms with Gasteiger partial charge in [0.25, 0.3) is 5.91 Å². The lowest BCUT2D eigenvalue weighted by Gasteiger charge is -2.29. The van der Waals surface area contributed by atoms with Crippen LogP contribution in [0.5, 0.6) is 0 Å². The quantitative estimate of drug-likeness (QED) is 0.848. The first-order chi connectivity index (χ1) is 9.74. The van der Waals surface area contributed by atoms with Crippen LogP contribution in [0.3, 0.4) is 0 Å². The Morgan fingerprint density at radius 1 is 1.50 bits per heavy atom. The first-order valence-corrected chi connectivity index (χ1v) is 8.52. The van der Waals surface area contributed by atoms with Crippen LogP contribution in [0, 0.1) is 5.92 Å². The van der Waals surface area contributed by atoms with Crippen molar-refractivity contribution in [3.05, 3.63) is 16.1 Å². The van der Waals surface area contributed by atoms with Crippen LogP contribution in [-0.4, -0.2) is 23.5 Å². The van der Waals surface area contributed by atoms with Gasteiger partial charge in [-0.2, -0.15) is 0 Å². The maximum absolute atomic E-state index is 12.3. The molecule has 1 aliphatic rings. The average molecular weight is 295 g/mol. The number of amides is 1. The van der Waals surface area contributed by atoms with E-state index < -0.39 is 0 Å². The second-order valence-corrected chi connectivity index (χ2v) is 6.70. The van der Waals surface area contributed by atoms with Gasteiger partial charge in [0.05, 0.1) is 11.2 Å². The fourth-order valence-electron chi connectivity index (χ4n) is 2.89. The van der Waals surface area contributed by atoms with Crippen molar-refractivity contribution in [3.8, 4) is 0 Å².